The maximum absolute atomic E-state index is 13.2. The van der Waals surface area contributed by atoms with Gasteiger partial charge in [0.2, 0.25) is 5.91 Å². The molecule has 2 aliphatic heterocycles. The molecule has 2 fully saturated rings. The van der Waals surface area contributed by atoms with Gasteiger partial charge < -0.3 is 15.0 Å². The normalized spacial score (nSPS) is 22.2. The van der Waals surface area contributed by atoms with Gasteiger partial charge in [-0.15, -0.1) is 0 Å². The van der Waals surface area contributed by atoms with Gasteiger partial charge in [0, 0.05) is 37.9 Å². The first-order valence-corrected chi connectivity index (χ1v) is 9.50. The van der Waals surface area contributed by atoms with E-state index in [0.717, 1.165) is 30.0 Å². The summed E-state index contributed by atoms with van der Waals surface area (Å²) in [6.07, 6.45) is 1.77. The standard InChI is InChI=1S/C20H24FN5O2/c21-16-5-3-14(4-6-16)18-17(13-24-25-18)20(27)23-12-15-2-1-7-22-19(15)26-8-10-28-11-9-26/h1-7,17-18,24-25H,8-13H2,(H,23,27). The second-order valence-electron chi connectivity index (χ2n) is 6.96. The first-order chi connectivity index (χ1) is 13.7. The van der Waals surface area contributed by atoms with Crippen LogP contribution in [-0.4, -0.2) is 43.7 Å². The molecule has 1 aromatic carbocycles. The van der Waals surface area contributed by atoms with Crippen LogP contribution in [0.3, 0.4) is 0 Å². The Morgan fingerprint density at radius 1 is 1.25 bits per heavy atom. The monoisotopic (exact) mass is 385 g/mol. The lowest BCUT2D eigenvalue weighted by Crippen LogP contribution is -2.38. The van der Waals surface area contributed by atoms with Crippen LogP contribution in [0.15, 0.2) is 42.6 Å². The van der Waals surface area contributed by atoms with Crippen molar-refractivity contribution in [3.05, 3.63) is 59.5 Å². The van der Waals surface area contributed by atoms with Gasteiger partial charge in [0.15, 0.2) is 0 Å². The van der Waals surface area contributed by atoms with Gasteiger partial charge in [0.25, 0.3) is 0 Å². The molecule has 2 aliphatic rings. The van der Waals surface area contributed by atoms with Crippen molar-refractivity contribution in [2.45, 2.75) is 12.6 Å². The number of carbonyl (C=O) groups is 1. The molecule has 0 aliphatic carbocycles. The Labute approximate surface area is 163 Å². The minimum atomic E-state index is -0.289. The zero-order valence-corrected chi connectivity index (χ0v) is 15.5. The number of hydrazine groups is 1. The molecular formula is C20H24FN5O2. The van der Waals surface area contributed by atoms with Crippen LogP contribution in [0.2, 0.25) is 0 Å². The summed E-state index contributed by atoms with van der Waals surface area (Å²) in [7, 11) is 0. The van der Waals surface area contributed by atoms with Gasteiger partial charge in [-0.2, -0.15) is 0 Å². The van der Waals surface area contributed by atoms with E-state index in [0.29, 0.717) is 26.3 Å². The van der Waals surface area contributed by atoms with Gasteiger partial charge in [-0.1, -0.05) is 18.2 Å². The maximum Gasteiger partial charge on any atom is 0.226 e. The molecule has 3 N–H and O–H groups in total. The highest BCUT2D eigenvalue weighted by molar-refractivity contribution is 5.80. The Balaban J connectivity index is 1.42. The second kappa shape index (κ2) is 8.64. The van der Waals surface area contributed by atoms with Crippen LogP contribution in [0.1, 0.15) is 17.2 Å². The number of rotatable bonds is 5. The zero-order chi connectivity index (χ0) is 19.3. The Morgan fingerprint density at radius 2 is 2.04 bits per heavy atom. The van der Waals surface area contributed by atoms with Gasteiger partial charge in [-0.25, -0.2) is 14.8 Å². The summed E-state index contributed by atoms with van der Waals surface area (Å²) >= 11 is 0. The number of benzene rings is 1. The van der Waals surface area contributed by atoms with Crippen LogP contribution < -0.4 is 21.1 Å². The lowest BCUT2D eigenvalue weighted by molar-refractivity contribution is -0.125. The third kappa shape index (κ3) is 4.14. The van der Waals surface area contributed by atoms with Crippen molar-refractivity contribution in [2.75, 3.05) is 37.7 Å². The second-order valence-corrected chi connectivity index (χ2v) is 6.96. The molecule has 0 spiro atoms. The summed E-state index contributed by atoms with van der Waals surface area (Å²) in [6.45, 7) is 3.87. The Kier molecular flexibility index (Phi) is 5.80. The van der Waals surface area contributed by atoms with Gasteiger partial charge in [0.05, 0.1) is 25.2 Å². The van der Waals surface area contributed by atoms with Crippen LogP contribution in [-0.2, 0) is 16.1 Å². The molecule has 2 unspecified atom stereocenters. The maximum atomic E-state index is 13.2. The van der Waals surface area contributed by atoms with E-state index in [9.17, 15) is 9.18 Å². The first kappa shape index (κ1) is 18.8. The van der Waals surface area contributed by atoms with E-state index < -0.39 is 0 Å². The lowest BCUT2D eigenvalue weighted by atomic mass is 9.94. The Bertz CT molecular complexity index is 810. The minimum absolute atomic E-state index is 0.0522. The van der Waals surface area contributed by atoms with Crippen LogP contribution in [0.25, 0.3) is 0 Å². The summed E-state index contributed by atoms with van der Waals surface area (Å²) in [5, 5.41) is 3.04. The summed E-state index contributed by atoms with van der Waals surface area (Å²) in [6, 6.07) is 9.90. The number of hydrogen-bond acceptors (Lipinski definition) is 6. The smallest absolute Gasteiger partial charge is 0.226 e. The number of amides is 1. The SMILES string of the molecule is O=C(NCc1cccnc1N1CCOCC1)C1CNNC1c1ccc(F)cc1. The third-order valence-electron chi connectivity index (χ3n) is 5.18. The molecule has 0 saturated carbocycles. The lowest BCUT2D eigenvalue weighted by Gasteiger charge is -2.29. The summed E-state index contributed by atoms with van der Waals surface area (Å²) in [5.74, 6) is 0.268. The predicted molar refractivity (Wildman–Crippen MR) is 103 cm³/mol. The first-order valence-electron chi connectivity index (χ1n) is 9.50. The molecule has 2 aromatic rings. The minimum Gasteiger partial charge on any atom is -0.378 e. The molecule has 1 aromatic heterocycles. The molecule has 28 heavy (non-hydrogen) atoms. The fourth-order valence-electron chi connectivity index (χ4n) is 3.67. The third-order valence-corrected chi connectivity index (χ3v) is 5.18. The number of carbonyl (C=O) groups excluding carboxylic acids is 1. The van der Waals surface area contributed by atoms with E-state index in [-0.39, 0.29) is 23.7 Å². The quantitative estimate of drug-likeness (QED) is 0.717. The van der Waals surface area contributed by atoms with E-state index in [4.69, 9.17) is 4.74 Å². The van der Waals surface area contributed by atoms with Crippen molar-refractivity contribution in [3.8, 4) is 0 Å². The van der Waals surface area contributed by atoms with Crippen molar-refractivity contribution in [1.82, 2.24) is 21.2 Å². The number of anilines is 1. The van der Waals surface area contributed by atoms with E-state index >= 15 is 0 Å². The average molecular weight is 385 g/mol. The summed E-state index contributed by atoms with van der Waals surface area (Å²) in [5.41, 5.74) is 8.01. The fraction of sp³-hybridized carbons (Fsp3) is 0.400. The molecule has 148 valence electrons. The number of aromatic nitrogens is 1. The largest absolute Gasteiger partial charge is 0.378 e. The van der Waals surface area contributed by atoms with Crippen LogP contribution in [0, 0.1) is 11.7 Å². The average Bonchev–Trinajstić information content (AvgIpc) is 3.23. The number of nitrogens with zero attached hydrogens (tertiary/aromatic N) is 2. The number of morpholine rings is 1. The van der Waals surface area contributed by atoms with Crippen molar-refractivity contribution in [1.29, 1.82) is 0 Å². The molecule has 1 amide bonds. The van der Waals surface area contributed by atoms with Gasteiger partial charge in [-0.05, 0) is 23.8 Å². The molecule has 3 heterocycles. The van der Waals surface area contributed by atoms with E-state index in [1.54, 1.807) is 18.3 Å². The number of hydrogen-bond donors (Lipinski definition) is 3. The van der Waals surface area contributed by atoms with Crippen LogP contribution in [0.4, 0.5) is 10.2 Å². The van der Waals surface area contributed by atoms with Crippen LogP contribution in [0.5, 0.6) is 0 Å². The topological polar surface area (TPSA) is 78.5 Å². The molecule has 2 atom stereocenters. The number of nitrogens with one attached hydrogen (secondary N) is 3. The number of ether oxygens (including phenoxy) is 1. The molecule has 0 bridgehead atoms. The van der Waals surface area contributed by atoms with Crippen molar-refractivity contribution >= 4 is 11.7 Å². The Morgan fingerprint density at radius 3 is 2.82 bits per heavy atom. The number of pyridine rings is 1. The van der Waals surface area contributed by atoms with Crippen molar-refractivity contribution in [3.63, 3.8) is 0 Å². The van der Waals surface area contributed by atoms with Gasteiger partial charge >= 0.3 is 0 Å². The number of halogens is 1. The molecule has 7 nitrogen and oxygen atoms in total. The van der Waals surface area contributed by atoms with E-state index in [2.05, 4.69) is 26.1 Å². The van der Waals surface area contributed by atoms with E-state index in [1.807, 2.05) is 12.1 Å². The fourth-order valence-corrected chi connectivity index (χ4v) is 3.67. The van der Waals surface area contributed by atoms with Crippen molar-refractivity contribution in [2.24, 2.45) is 5.92 Å². The Hall–Kier alpha value is -2.55. The molecule has 4 rings (SSSR count). The molecule has 8 heteroatoms. The molecule has 0 radical (unpaired) electrons. The van der Waals surface area contributed by atoms with E-state index in [1.165, 1.54) is 12.1 Å². The predicted octanol–water partition coefficient (Wildman–Crippen LogP) is 1.14. The molecular weight excluding hydrogens is 361 g/mol. The highest BCUT2D eigenvalue weighted by Gasteiger charge is 2.34. The van der Waals surface area contributed by atoms with Crippen LogP contribution >= 0.6 is 0 Å². The highest BCUT2D eigenvalue weighted by atomic mass is 19.1. The van der Waals surface area contributed by atoms with Crippen molar-refractivity contribution < 1.29 is 13.9 Å². The van der Waals surface area contributed by atoms with Gasteiger partial charge in [-0.3, -0.25) is 10.2 Å². The van der Waals surface area contributed by atoms with Gasteiger partial charge in [0.1, 0.15) is 11.6 Å². The zero-order valence-electron chi connectivity index (χ0n) is 15.5. The molecule has 2 saturated heterocycles. The summed E-state index contributed by atoms with van der Waals surface area (Å²) in [4.78, 5) is 19.5. The highest BCUT2D eigenvalue weighted by Crippen LogP contribution is 2.25. The summed E-state index contributed by atoms with van der Waals surface area (Å²) < 4.78 is 18.6.